The van der Waals surface area contributed by atoms with Gasteiger partial charge in [0.15, 0.2) is 0 Å². The highest BCUT2D eigenvalue weighted by atomic mass is 14.1. The van der Waals surface area contributed by atoms with Gasteiger partial charge in [0, 0.05) is 0 Å². The minimum absolute atomic E-state index is 0.611. The largest absolute Gasteiger partial charge is 0.0839 e. The molecule has 0 amide bonds. The van der Waals surface area contributed by atoms with Crippen molar-refractivity contribution in [2.24, 2.45) is 5.92 Å². The minimum Gasteiger partial charge on any atom is -0.0839 e. The van der Waals surface area contributed by atoms with Gasteiger partial charge in [0.2, 0.25) is 0 Å². The van der Waals surface area contributed by atoms with E-state index in [1.54, 1.807) is 0 Å². The van der Waals surface area contributed by atoms with Crippen molar-refractivity contribution in [1.29, 1.82) is 0 Å². The highest BCUT2D eigenvalue weighted by molar-refractivity contribution is 5.31. The first-order valence-corrected chi connectivity index (χ1v) is 3.35. The molecule has 0 saturated heterocycles. The van der Waals surface area contributed by atoms with Crippen LogP contribution in [0, 0.1) is 5.92 Å². The SMILES string of the molecule is CC=C1C=CC=CC1C. The minimum atomic E-state index is 0.611. The third-order valence-electron chi connectivity index (χ3n) is 1.66. The van der Waals surface area contributed by atoms with Crippen LogP contribution in [0.4, 0.5) is 0 Å². The molecule has 0 heterocycles. The zero-order valence-corrected chi connectivity index (χ0v) is 5.96. The second-order valence-electron chi connectivity index (χ2n) is 2.32. The Morgan fingerprint density at radius 3 is 2.67 bits per heavy atom. The third kappa shape index (κ3) is 1.32. The van der Waals surface area contributed by atoms with Gasteiger partial charge in [0.25, 0.3) is 0 Å². The molecule has 1 aliphatic rings. The normalized spacial score (nSPS) is 29.6. The molecule has 0 saturated carbocycles. The van der Waals surface area contributed by atoms with Gasteiger partial charge in [-0.1, -0.05) is 37.3 Å². The van der Waals surface area contributed by atoms with Gasteiger partial charge in [0.05, 0.1) is 0 Å². The van der Waals surface area contributed by atoms with Crippen molar-refractivity contribution in [3.8, 4) is 0 Å². The number of hydrogen-bond acceptors (Lipinski definition) is 0. The number of allylic oxidation sites excluding steroid dienone is 6. The Labute approximate surface area is 56.6 Å². The van der Waals surface area contributed by atoms with Gasteiger partial charge >= 0.3 is 0 Å². The van der Waals surface area contributed by atoms with Crippen molar-refractivity contribution in [1.82, 2.24) is 0 Å². The van der Waals surface area contributed by atoms with Gasteiger partial charge in [-0.05, 0) is 18.4 Å². The molecule has 0 spiro atoms. The van der Waals surface area contributed by atoms with Crippen LogP contribution in [0.1, 0.15) is 13.8 Å². The predicted octanol–water partition coefficient (Wildman–Crippen LogP) is 2.69. The van der Waals surface area contributed by atoms with Crippen LogP contribution in [0.15, 0.2) is 36.0 Å². The van der Waals surface area contributed by atoms with E-state index in [0.29, 0.717) is 5.92 Å². The summed E-state index contributed by atoms with van der Waals surface area (Å²) in [6.45, 7) is 4.28. The van der Waals surface area contributed by atoms with Crippen molar-refractivity contribution in [2.45, 2.75) is 13.8 Å². The first kappa shape index (κ1) is 6.34. The van der Waals surface area contributed by atoms with Crippen molar-refractivity contribution in [3.63, 3.8) is 0 Å². The first-order valence-electron chi connectivity index (χ1n) is 3.35. The van der Waals surface area contributed by atoms with E-state index in [-0.39, 0.29) is 0 Å². The fourth-order valence-corrected chi connectivity index (χ4v) is 1.02. The van der Waals surface area contributed by atoms with Crippen molar-refractivity contribution in [2.75, 3.05) is 0 Å². The molecule has 0 nitrogen and oxygen atoms in total. The smallest absolute Gasteiger partial charge is 0.00106 e. The lowest BCUT2D eigenvalue weighted by atomic mass is 9.97. The van der Waals surface area contributed by atoms with E-state index in [1.165, 1.54) is 5.57 Å². The van der Waals surface area contributed by atoms with Gasteiger partial charge in [-0.3, -0.25) is 0 Å². The van der Waals surface area contributed by atoms with Gasteiger partial charge in [-0.25, -0.2) is 0 Å². The fourth-order valence-electron chi connectivity index (χ4n) is 1.02. The third-order valence-corrected chi connectivity index (χ3v) is 1.66. The Balaban J connectivity index is 2.78. The van der Waals surface area contributed by atoms with E-state index >= 15 is 0 Å². The summed E-state index contributed by atoms with van der Waals surface area (Å²) in [6.07, 6.45) is 10.7. The van der Waals surface area contributed by atoms with Gasteiger partial charge in [-0.2, -0.15) is 0 Å². The van der Waals surface area contributed by atoms with Gasteiger partial charge in [-0.15, -0.1) is 0 Å². The summed E-state index contributed by atoms with van der Waals surface area (Å²) >= 11 is 0. The summed E-state index contributed by atoms with van der Waals surface area (Å²) in [7, 11) is 0. The molecule has 0 fully saturated rings. The summed E-state index contributed by atoms with van der Waals surface area (Å²) < 4.78 is 0. The molecule has 0 aromatic rings. The Morgan fingerprint density at radius 1 is 1.44 bits per heavy atom. The van der Waals surface area contributed by atoms with Crippen LogP contribution in [0.25, 0.3) is 0 Å². The van der Waals surface area contributed by atoms with Crippen LogP contribution >= 0.6 is 0 Å². The van der Waals surface area contributed by atoms with Crippen LogP contribution in [-0.2, 0) is 0 Å². The Bertz CT molecular complexity index is 170. The lowest BCUT2D eigenvalue weighted by Gasteiger charge is -2.09. The maximum Gasteiger partial charge on any atom is -0.00106 e. The summed E-state index contributed by atoms with van der Waals surface area (Å²) in [5.74, 6) is 0.611. The Kier molecular flexibility index (Phi) is 1.88. The fraction of sp³-hybridized carbons (Fsp3) is 0.333. The molecule has 1 atom stereocenters. The maximum atomic E-state index is 2.20. The molecule has 0 radical (unpaired) electrons. The molecule has 1 rings (SSSR count). The van der Waals surface area contributed by atoms with E-state index in [2.05, 4.69) is 44.2 Å². The van der Waals surface area contributed by atoms with Crippen molar-refractivity contribution < 1.29 is 0 Å². The molecule has 48 valence electrons. The summed E-state index contributed by atoms with van der Waals surface area (Å²) in [6, 6.07) is 0. The zero-order chi connectivity index (χ0) is 6.69. The molecular formula is C9H12. The van der Waals surface area contributed by atoms with Crippen LogP contribution in [-0.4, -0.2) is 0 Å². The molecule has 0 aliphatic heterocycles. The number of hydrogen-bond donors (Lipinski definition) is 0. The van der Waals surface area contributed by atoms with Crippen molar-refractivity contribution in [3.05, 3.63) is 36.0 Å². The Hall–Kier alpha value is -0.780. The highest BCUT2D eigenvalue weighted by Gasteiger charge is 2.01. The maximum absolute atomic E-state index is 2.20. The average Bonchev–Trinajstić information content (AvgIpc) is 1.89. The van der Waals surface area contributed by atoms with E-state index in [9.17, 15) is 0 Å². The van der Waals surface area contributed by atoms with E-state index in [0.717, 1.165) is 0 Å². The quantitative estimate of drug-likeness (QED) is 0.461. The summed E-state index contributed by atoms with van der Waals surface area (Å²) in [5.41, 5.74) is 1.41. The van der Waals surface area contributed by atoms with Crippen molar-refractivity contribution >= 4 is 0 Å². The van der Waals surface area contributed by atoms with E-state index in [4.69, 9.17) is 0 Å². The lowest BCUT2D eigenvalue weighted by Crippen LogP contribution is -1.94. The van der Waals surface area contributed by atoms with Crippen LogP contribution in [0.5, 0.6) is 0 Å². The van der Waals surface area contributed by atoms with Gasteiger partial charge < -0.3 is 0 Å². The molecule has 1 unspecified atom stereocenters. The monoisotopic (exact) mass is 120 g/mol. The van der Waals surface area contributed by atoms with Crippen LogP contribution in [0.3, 0.4) is 0 Å². The number of rotatable bonds is 0. The molecule has 0 bridgehead atoms. The first-order chi connectivity index (χ1) is 4.34. The van der Waals surface area contributed by atoms with Crippen LogP contribution < -0.4 is 0 Å². The molecule has 0 aromatic heterocycles. The molecule has 0 N–H and O–H groups in total. The summed E-state index contributed by atoms with van der Waals surface area (Å²) in [5, 5.41) is 0. The molecule has 9 heavy (non-hydrogen) atoms. The van der Waals surface area contributed by atoms with E-state index in [1.807, 2.05) is 0 Å². The molecule has 0 aromatic carbocycles. The molecule has 0 heteroatoms. The second-order valence-corrected chi connectivity index (χ2v) is 2.32. The average molecular weight is 120 g/mol. The second kappa shape index (κ2) is 2.67. The van der Waals surface area contributed by atoms with Crippen LogP contribution in [0.2, 0.25) is 0 Å². The zero-order valence-electron chi connectivity index (χ0n) is 5.96. The van der Waals surface area contributed by atoms with Gasteiger partial charge in [0.1, 0.15) is 0 Å². The molecule has 1 aliphatic carbocycles. The van der Waals surface area contributed by atoms with E-state index < -0.39 is 0 Å². The molecular weight excluding hydrogens is 108 g/mol. The highest BCUT2D eigenvalue weighted by Crippen LogP contribution is 2.16. The Morgan fingerprint density at radius 2 is 2.22 bits per heavy atom. The lowest BCUT2D eigenvalue weighted by molar-refractivity contribution is 0.881. The predicted molar refractivity (Wildman–Crippen MR) is 41.2 cm³/mol. The summed E-state index contributed by atoms with van der Waals surface area (Å²) in [4.78, 5) is 0. The standard InChI is InChI=1S/C9H12/c1-3-9-7-5-4-6-8(9)2/h3-8H,1-2H3. The topological polar surface area (TPSA) is 0 Å².